The Kier molecular flexibility index (Phi) is 5.14. The van der Waals surface area contributed by atoms with Crippen LogP contribution in [0, 0.1) is 0 Å². The molecule has 0 spiro atoms. The number of carboxylic acid groups (broad SMARTS) is 1. The molecular formula is C14H24N4O2. The SMILES string of the molecule is CN(C)C1CCCN(Cc2cnn(CCC(=O)O)c2)C1. The maximum atomic E-state index is 10.5. The molecule has 1 N–H and O–H groups in total. The van der Waals surface area contributed by atoms with Gasteiger partial charge in [0.25, 0.3) is 0 Å². The molecule has 1 aliphatic heterocycles. The first-order valence-corrected chi connectivity index (χ1v) is 7.16. The van der Waals surface area contributed by atoms with Crippen LogP contribution in [0.5, 0.6) is 0 Å². The normalized spacial score (nSPS) is 20.4. The molecule has 1 aliphatic rings. The number of likely N-dealkylation sites (tertiary alicyclic amines) is 1. The number of hydrogen-bond donors (Lipinski definition) is 1. The number of likely N-dealkylation sites (N-methyl/N-ethyl adjacent to an activating group) is 1. The number of carboxylic acids is 1. The molecule has 0 bridgehead atoms. The number of rotatable bonds is 6. The Labute approximate surface area is 120 Å². The predicted molar refractivity (Wildman–Crippen MR) is 76.5 cm³/mol. The van der Waals surface area contributed by atoms with Crippen LogP contribution in [0.4, 0.5) is 0 Å². The van der Waals surface area contributed by atoms with Crippen LogP contribution in [0.3, 0.4) is 0 Å². The summed E-state index contributed by atoms with van der Waals surface area (Å²) >= 11 is 0. The van der Waals surface area contributed by atoms with Gasteiger partial charge in [0.15, 0.2) is 0 Å². The molecule has 112 valence electrons. The van der Waals surface area contributed by atoms with Crippen molar-refractivity contribution in [2.24, 2.45) is 0 Å². The van der Waals surface area contributed by atoms with E-state index in [4.69, 9.17) is 5.11 Å². The molecule has 0 saturated carbocycles. The Bertz CT molecular complexity index is 444. The zero-order valence-electron chi connectivity index (χ0n) is 12.3. The Morgan fingerprint density at radius 1 is 1.55 bits per heavy atom. The fourth-order valence-electron chi connectivity index (χ4n) is 2.67. The van der Waals surface area contributed by atoms with E-state index >= 15 is 0 Å². The molecule has 6 nitrogen and oxygen atoms in total. The van der Waals surface area contributed by atoms with E-state index in [9.17, 15) is 4.79 Å². The molecule has 0 aliphatic carbocycles. The van der Waals surface area contributed by atoms with Gasteiger partial charge in [0, 0.05) is 30.9 Å². The fraction of sp³-hybridized carbons (Fsp3) is 0.714. The molecule has 1 aromatic rings. The van der Waals surface area contributed by atoms with Gasteiger partial charge in [-0.2, -0.15) is 5.10 Å². The third-order valence-electron chi connectivity index (χ3n) is 3.86. The summed E-state index contributed by atoms with van der Waals surface area (Å²) in [5.74, 6) is -0.785. The van der Waals surface area contributed by atoms with Crippen LogP contribution in [0.2, 0.25) is 0 Å². The van der Waals surface area contributed by atoms with Crippen molar-refractivity contribution in [3.8, 4) is 0 Å². The van der Waals surface area contributed by atoms with Crippen molar-refractivity contribution in [2.75, 3.05) is 27.2 Å². The highest BCUT2D eigenvalue weighted by atomic mass is 16.4. The summed E-state index contributed by atoms with van der Waals surface area (Å²) in [6.45, 7) is 3.56. The number of hydrogen-bond acceptors (Lipinski definition) is 4. The average molecular weight is 280 g/mol. The maximum Gasteiger partial charge on any atom is 0.305 e. The van der Waals surface area contributed by atoms with Gasteiger partial charge >= 0.3 is 5.97 Å². The number of aromatic nitrogens is 2. The van der Waals surface area contributed by atoms with E-state index in [0.717, 1.165) is 25.2 Å². The van der Waals surface area contributed by atoms with Gasteiger partial charge in [-0.25, -0.2) is 0 Å². The minimum absolute atomic E-state index is 0.119. The highest BCUT2D eigenvalue weighted by molar-refractivity contribution is 5.66. The van der Waals surface area contributed by atoms with Gasteiger partial charge in [-0.1, -0.05) is 0 Å². The van der Waals surface area contributed by atoms with Crippen molar-refractivity contribution in [2.45, 2.75) is 38.4 Å². The van der Waals surface area contributed by atoms with Crippen molar-refractivity contribution in [1.29, 1.82) is 0 Å². The third-order valence-corrected chi connectivity index (χ3v) is 3.86. The average Bonchev–Trinajstić information content (AvgIpc) is 2.84. The van der Waals surface area contributed by atoms with Crippen LogP contribution >= 0.6 is 0 Å². The molecule has 2 heterocycles. The Morgan fingerprint density at radius 2 is 2.35 bits per heavy atom. The highest BCUT2D eigenvalue weighted by Crippen LogP contribution is 2.16. The molecule has 20 heavy (non-hydrogen) atoms. The minimum atomic E-state index is -0.785. The smallest absolute Gasteiger partial charge is 0.305 e. The molecule has 1 aromatic heterocycles. The van der Waals surface area contributed by atoms with E-state index in [1.807, 2.05) is 12.4 Å². The maximum absolute atomic E-state index is 10.5. The van der Waals surface area contributed by atoms with Crippen LogP contribution in [0.1, 0.15) is 24.8 Å². The van der Waals surface area contributed by atoms with Crippen LogP contribution in [0.25, 0.3) is 0 Å². The predicted octanol–water partition coefficient (Wildman–Crippen LogP) is 0.884. The number of nitrogens with zero attached hydrogens (tertiary/aromatic N) is 4. The first-order valence-electron chi connectivity index (χ1n) is 7.16. The molecule has 1 fully saturated rings. The van der Waals surface area contributed by atoms with E-state index in [-0.39, 0.29) is 6.42 Å². The van der Waals surface area contributed by atoms with E-state index in [1.165, 1.54) is 12.8 Å². The van der Waals surface area contributed by atoms with Gasteiger partial charge in [-0.05, 0) is 33.5 Å². The lowest BCUT2D eigenvalue weighted by molar-refractivity contribution is -0.137. The summed E-state index contributed by atoms with van der Waals surface area (Å²) in [6.07, 6.45) is 6.42. The van der Waals surface area contributed by atoms with E-state index in [0.29, 0.717) is 12.6 Å². The summed E-state index contributed by atoms with van der Waals surface area (Å²) in [4.78, 5) is 15.3. The standard InChI is InChI=1S/C14H24N4O2/c1-16(2)13-4-3-6-17(11-13)9-12-8-15-18(10-12)7-5-14(19)20/h8,10,13H,3-7,9,11H2,1-2H3,(H,19,20). The first kappa shape index (κ1) is 15.0. The quantitative estimate of drug-likeness (QED) is 0.838. The zero-order chi connectivity index (χ0) is 14.5. The molecule has 0 radical (unpaired) electrons. The topological polar surface area (TPSA) is 61.6 Å². The van der Waals surface area contributed by atoms with Crippen LogP contribution < -0.4 is 0 Å². The number of carbonyl (C=O) groups is 1. The summed E-state index contributed by atoms with van der Waals surface area (Å²) in [5.41, 5.74) is 1.16. The molecule has 0 amide bonds. The molecule has 1 saturated heterocycles. The molecule has 2 rings (SSSR count). The third kappa shape index (κ3) is 4.31. The van der Waals surface area contributed by atoms with Gasteiger partial charge in [0.05, 0.1) is 19.2 Å². The van der Waals surface area contributed by atoms with Gasteiger partial charge in [-0.3, -0.25) is 14.4 Å². The molecule has 1 unspecified atom stereocenters. The van der Waals surface area contributed by atoms with Crippen molar-refractivity contribution in [3.63, 3.8) is 0 Å². The Hall–Kier alpha value is -1.40. The molecular weight excluding hydrogens is 256 g/mol. The highest BCUT2D eigenvalue weighted by Gasteiger charge is 2.21. The van der Waals surface area contributed by atoms with E-state index in [1.54, 1.807) is 4.68 Å². The summed E-state index contributed by atoms with van der Waals surface area (Å²) in [7, 11) is 4.27. The van der Waals surface area contributed by atoms with E-state index < -0.39 is 5.97 Å². The van der Waals surface area contributed by atoms with Crippen LogP contribution in [-0.4, -0.2) is 63.9 Å². The lowest BCUT2D eigenvalue weighted by atomic mass is 10.0. The second-order valence-electron chi connectivity index (χ2n) is 5.75. The summed E-state index contributed by atoms with van der Waals surface area (Å²) in [5, 5.41) is 12.9. The monoisotopic (exact) mass is 280 g/mol. The second-order valence-corrected chi connectivity index (χ2v) is 5.75. The van der Waals surface area contributed by atoms with Crippen molar-refractivity contribution in [1.82, 2.24) is 19.6 Å². The molecule has 1 atom stereocenters. The van der Waals surface area contributed by atoms with Gasteiger partial charge in [-0.15, -0.1) is 0 Å². The molecule has 0 aromatic carbocycles. The van der Waals surface area contributed by atoms with Crippen molar-refractivity contribution < 1.29 is 9.90 Å². The summed E-state index contributed by atoms with van der Waals surface area (Å²) < 4.78 is 1.72. The minimum Gasteiger partial charge on any atom is -0.481 e. The van der Waals surface area contributed by atoms with Gasteiger partial charge in [0.1, 0.15) is 0 Å². The van der Waals surface area contributed by atoms with E-state index in [2.05, 4.69) is 29.0 Å². The first-order chi connectivity index (χ1) is 9.54. The Balaban J connectivity index is 1.85. The fourth-order valence-corrected chi connectivity index (χ4v) is 2.67. The lowest BCUT2D eigenvalue weighted by Crippen LogP contribution is -2.44. The van der Waals surface area contributed by atoms with Crippen molar-refractivity contribution >= 4 is 5.97 Å². The largest absolute Gasteiger partial charge is 0.481 e. The van der Waals surface area contributed by atoms with Crippen molar-refractivity contribution in [3.05, 3.63) is 18.0 Å². The Morgan fingerprint density at radius 3 is 3.05 bits per heavy atom. The lowest BCUT2D eigenvalue weighted by Gasteiger charge is -2.35. The number of aliphatic carboxylic acids is 1. The zero-order valence-corrected chi connectivity index (χ0v) is 12.3. The molecule has 6 heteroatoms. The second kappa shape index (κ2) is 6.85. The van der Waals surface area contributed by atoms with Gasteiger partial charge in [0.2, 0.25) is 0 Å². The van der Waals surface area contributed by atoms with Crippen LogP contribution in [-0.2, 0) is 17.9 Å². The number of aryl methyl sites for hydroxylation is 1. The number of piperidine rings is 1. The summed E-state index contributed by atoms with van der Waals surface area (Å²) in [6, 6.07) is 0.630. The van der Waals surface area contributed by atoms with Crippen LogP contribution in [0.15, 0.2) is 12.4 Å². The van der Waals surface area contributed by atoms with Gasteiger partial charge < -0.3 is 10.0 Å².